The van der Waals surface area contributed by atoms with E-state index in [0.717, 1.165) is 10.0 Å². The van der Waals surface area contributed by atoms with Crippen LogP contribution in [0, 0.1) is 0 Å². The molecule has 92 valence electrons. The molecule has 1 N–H and O–H groups in total. The van der Waals surface area contributed by atoms with Gasteiger partial charge in [-0.05, 0) is 39.7 Å². The van der Waals surface area contributed by atoms with Gasteiger partial charge in [-0.1, -0.05) is 41.9 Å². The van der Waals surface area contributed by atoms with Gasteiger partial charge in [-0.15, -0.1) is 0 Å². The first-order chi connectivity index (χ1) is 8.65. The van der Waals surface area contributed by atoms with E-state index in [2.05, 4.69) is 21.2 Å². The second kappa shape index (κ2) is 6.03. The van der Waals surface area contributed by atoms with Crippen LogP contribution in [0.15, 0.2) is 53.0 Å². The van der Waals surface area contributed by atoms with Crippen LogP contribution in [-0.4, -0.2) is 5.91 Å². The molecule has 0 saturated heterocycles. The van der Waals surface area contributed by atoms with Crippen LogP contribution in [0.1, 0.15) is 5.56 Å². The molecule has 2 aromatic carbocycles. The summed E-state index contributed by atoms with van der Waals surface area (Å²) < 4.78 is 0.813. The second-order valence-electron chi connectivity index (χ2n) is 3.83. The summed E-state index contributed by atoms with van der Waals surface area (Å²) in [6.45, 7) is 0. The predicted octanol–water partition coefficient (Wildman–Crippen LogP) is 4.28. The molecule has 0 heterocycles. The zero-order valence-electron chi connectivity index (χ0n) is 9.49. The Morgan fingerprint density at radius 1 is 1.17 bits per heavy atom. The zero-order chi connectivity index (χ0) is 13.0. The van der Waals surface area contributed by atoms with Crippen LogP contribution >= 0.6 is 27.5 Å². The summed E-state index contributed by atoms with van der Waals surface area (Å²) in [5.41, 5.74) is 1.66. The van der Waals surface area contributed by atoms with E-state index in [9.17, 15) is 4.79 Å². The van der Waals surface area contributed by atoms with Crippen molar-refractivity contribution >= 4 is 39.1 Å². The summed E-state index contributed by atoms with van der Waals surface area (Å²) in [4.78, 5) is 11.9. The van der Waals surface area contributed by atoms with Crippen LogP contribution in [0.25, 0.3) is 0 Å². The predicted molar refractivity (Wildman–Crippen MR) is 77.9 cm³/mol. The third kappa shape index (κ3) is 3.59. The van der Waals surface area contributed by atoms with Gasteiger partial charge in [-0.25, -0.2) is 0 Å². The third-order valence-electron chi connectivity index (χ3n) is 2.41. The number of hydrogen-bond acceptors (Lipinski definition) is 1. The Bertz CT molecular complexity index is 557. The lowest BCUT2D eigenvalue weighted by Gasteiger charge is -2.07. The summed E-state index contributed by atoms with van der Waals surface area (Å²) >= 11 is 9.26. The highest BCUT2D eigenvalue weighted by Crippen LogP contribution is 2.25. The molecule has 0 saturated carbocycles. The van der Waals surface area contributed by atoms with Gasteiger partial charge < -0.3 is 5.32 Å². The summed E-state index contributed by atoms with van der Waals surface area (Å²) in [5.74, 6) is -0.0656. The minimum absolute atomic E-state index is 0.0656. The van der Waals surface area contributed by atoms with Crippen molar-refractivity contribution in [3.8, 4) is 0 Å². The van der Waals surface area contributed by atoms with Gasteiger partial charge in [-0.2, -0.15) is 0 Å². The van der Waals surface area contributed by atoms with Crippen molar-refractivity contribution in [1.29, 1.82) is 0 Å². The molecule has 2 rings (SSSR count). The standard InChI is InChI=1S/C14H11BrClNO/c15-12-7-6-11(16)9-13(12)17-14(18)8-10-4-2-1-3-5-10/h1-7,9H,8H2,(H,17,18). The first kappa shape index (κ1) is 13.1. The number of amides is 1. The van der Waals surface area contributed by atoms with Crippen molar-refractivity contribution in [3.63, 3.8) is 0 Å². The Labute approximate surface area is 119 Å². The molecule has 0 atom stereocenters. The maximum atomic E-state index is 11.9. The smallest absolute Gasteiger partial charge is 0.228 e. The van der Waals surface area contributed by atoms with E-state index < -0.39 is 0 Å². The summed E-state index contributed by atoms with van der Waals surface area (Å²) in [6.07, 6.45) is 0.347. The third-order valence-corrected chi connectivity index (χ3v) is 3.34. The normalized spacial score (nSPS) is 10.1. The molecule has 0 aromatic heterocycles. The number of rotatable bonds is 3. The fourth-order valence-corrected chi connectivity index (χ4v) is 2.09. The number of benzene rings is 2. The quantitative estimate of drug-likeness (QED) is 0.897. The van der Waals surface area contributed by atoms with Gasteiger partial charge >= 0.3 is 0 Å². The SMILES string of the molecule is O=C(Cc1ccccc1)Nc1cc(Cl)ccc1Br. The van der Waals surface area contributed by atoms with Gasteiger partial charge in [0.2, 0.25) is 5.91 Å². The second-order valence-corrected chi connectivity index (χ2v) is 5.13. The highest BCUT2D eigenvalue weighted by atomic mass is 79.9. The molecule has 18 heavy (non-hydrogen) atoms. The molecular formula is C14H11BrClNO. The molecule has 1 amide bonds. The van der Waals surface area contributed by atoms with Crippen molar-refractivity contribution in [1.82, 2.24) is 0 Å². The Morgan fingerprint density at radius 3 is 2.61 bits per heavy atom. The summed E-state index contributed by atoms with van der Waals surface area (Å²) in [7, 11) is 0. The number of hydrogen-bond donors (Lipinski definition) is 1. The number of carbonyl (C=O) groups is 1. The van der Waals surface area contributed by atoms with Crippen molar-refractivity contribution in [2.24, 2.45) is 0 Å². The van der Waals surface area contributed by atoms with E-state index >= 15 is 0 Å². The van der Waals surface area contributed by atoms with Crippen LogP contribution in [0.3, 0.4) is 0 Å². The lowest BCUT2D eigenvalue weighted by Crippen LogP contribution is -2.14. The molecule has 2 aromatic rings. The van der Waals surface area contributed by atoms with E-state index in [4.69, 9.17) is 11.6 Å². The molecule has 0 aliphatic heterocycles. The first-order valence-electron chi connectivity index (χ1n) is 5.44. The van der Waals surface area contributed by atoms with E-state index in [1.165, 1.54) is 0 Å². The van der Waals surface area contributed by atoms with Gasteiger partial charge in [0.25, 0.3) is 0 Å². The van der Waals surface area contributed by atoms with Gasteiger partial charge in [0.15, 0.2) is 0 Å². The van der Waals surface area contributed by atoms with Crippen molar-refractivity contribution in [2.75, 3.05) is 5.32 Å². The number of carbonyl (C=O) groups excluding carboxylic acids is 1. The lowest BCUT2D eigenvalue weighted by molar-refractivity contribution is -0.115. The van der Waals surface area contributed by atoms with E-state index in [0.29, 0.717) is 17.1 Å². The zero-order valence-corrected chi connectivity index (χ0v) is 11.8. The van der Waals surface area contributed by atoms with Gasteiger partial charge in [0, 0.05) is 9.50 Å². The number of nitrogens with one attached hydrogen (secondary N) is 1. The Balaban J connectivity index is 2.05. The van der Waals surface area contributed by atoms with Gasteiger partial charge in [-0.3, -0.25) is 4.79 Å². The molecular weight excluding hydrogens is 314 g/mol. The van der Waals surface area contributed by atoms with E-state index in [1.807, 2.05) is 30.3 Å². The number of anilines is 1. The highest BCUT2D eigenvalue weighted by Gasteiger charge is 2.07. The molecule has 4 heteroatoms. The van der Waals surface area contributed by atoms with Crippen molar-refractivity contribution in [3.05, 3.63) is 63.6 Å². The molecule has 0 bridgehead atoms. The average molecular weight is 325 g/mol. The summed E-state index contributed by atoms with van der Waals surface area (Å²) in [6, 6.07) is 14.9. The lowest BCUT2D eigenvalue weighted by atomic mass is 10.1. The van der Waals surface area contributed by atoms with Crippen molar-refractivity contribution in [2.45, 2.75) is 6.42 Å². The fourth-order valence-electron chi connectivity index (χ4n) is 1.57. The van der Waals surface area contributed by atoms with Crippen LogP contribution < -0.4 is 5.32 Å². The van der Waals surface area contributed by atoms with Crippen LogP contribution in [0.2, 0.25) is 5.02 Å². The first-order valence-corrected chi connectivity index (χ1v) is 6.61. The van der Waals surface area contributed by atoms with Crippen LogP contribution in [0.5, 0.6) is 0 Å². The molecule has 0 radical (unpaired) electrons. The van der Waals surface area contributed by atoms with Crippen LogP contribution in [-0.2, 0) is 11.2 Å². The monoisotopic (exact) mass is 323 g/mol. The highest BCUT2D eigenvalue weighted by molar-refractivity contribution is 9.10. The Morgan fingerprint density at radius 2 is 1.89 bits per heavy atom. The molecule has 0 fully saturated rings. The average Bonchev–Trinajstić information content (AvgIpc) is 2.35. The van der Waals surface area contributed by atoms with Crippen LogP contribution in [0.4, 0.5) is 5.69 Å². The van der Waals surface area contributed by atoms with Gasteiger partial charge in [0.05, 0.1) is 12.1 Å². The molecule has 0 unspecified atom stereocenters. The minimum atomic E-state index is -0.0656. The maximum Gasteiger partial charge on any atom is 0.228 e. The summed E-state index contributed by atoms with van der Waals surface area (Å²) in [5, 5.41) is 3.42. The minimum Gasteiger partial charge on any atom is -0.325 e. The van der Waals surface area contributed by atoms with Crippen molar-refractivity contribution < 1.29 is 4.79 Å². The fraction of sp³-hybridized carbons (Fsp3) is 0.0714. The van der Waals surface area contributed by atoms with E-state index in [-0.39, 0.29) is 5.91 Å². The molecule has 0 aliphatic carbocycles. The topological polar surface area (TPSA) is 29.1 Å². The maximum absolute atomic E-state index is 11.9. The number of halogens is 2. The molecule has 0 aliphatic rings. The largest absolute Gasteiger partial charge is 0.325 e. The molecule has 0 spiro atoms. The Kier molecular flexibility index (Phi) is 4.39. The van der Waals surface area contributed by atoms with E-state index in [1.54, 1.807) is 18.2 Å². The Hall–Kier alpha value is -1.32. The molecule has 2 nitrogen and oxygen atoms in total. The van der Waals surface area contributed by atoms with Gasteiger partial charge in [0.1, 0.15) is 0 Å².